The van der Waals surface area contributed by atoms with Crippen molar-refractivity contribution >= 4 is 27.0 Å². The second-order valence-corrected chi connectivity index (χ2v) is 5.72. The van der Waals surface area contributed by atoms with E-state index in [9.17, 15) is 4.79 Å². The van der Waals surface area contributed by atoms with Gasteiger partial charge in [-0.3, -0.25) is 0 Å². The molecular weight excluding hydrogens is 296 g/mol. The van der Waals surface area contributed by atoms with Crippen LogP contribution in [0.2, 0.25) is 0 Å². The van der Waals surface area contributed by atoms with Crippen molar-refractivity contribution < 1.29 is 4.74 Å². The minimum Gasteiger partial charge on any atom is -0.381 e. The molecule has 0 aliphatic carbocycles. The summed E-state index contributed by atoms with van der Waals surface area (Å²) in [4.78, 5) is 17.1. The van der Waals surface area contributed by atoms with Crippen LogP contribution in [0.1, 0.15) is 23.2 Å². The highest BCUT2D eigenvalue weighted by Gasteiger charge is 2.23. The van der Waals surface area contributed by atoms with Crippen LogP contribution in [0.4, 0.5) is 0 Å². The van der Waals surface area contributed by atoms with Gasteiger partial charge in [0.15, 0.2) is 0 Å². The van der Waals surface area contributed by atoms with Crippen molar-refractivity contribution in [3.8, 4) is 0 Å². The van der Waals surface area contributed by atoms with E-state index < -0.39 is 0 Å². The first-order valence-electron chi connectivity index (χ1n) is 6.18. The summed E-state index contributed by atoms with van der Waals surface area (Å²) in [5.74, 6) is 0.599. The van der Waals surface area contributed by atoms with E-state index in [1.807, 2.05) is 12.1 Å². The fourth-order valence-electron chi connectivity index (χ4n) is 2.50. The highest BCUT2D eigenvalue weighted by atomic mass is 79.9. The molecule has 1 aliphatic heterocycles. The zero-order chi connectivity index (χ0) is 12.5. The molecule has 0 radical (unpaired) electrons. The Morgan fingerprint density at radius 1 is 1.22 bits per heavy atom. The van der Waals surface area contributed by atoms with Crippen molar-refractivity contribution in [2.24, 2.45) is 5.92 Å². The molecule has 1 saturated heterocycles. The molecule has 3 rings (SSSR count). The Balaban J connectivity index is 1.90. The van der Waals surface area contributed by atoms with Gasteiger partial charge in [0.25, 0.3) is 0 Å². The first kappa shape index (κ1) is 12.0. The van der Waals surface area contributed by atoms with Gasteiger partial charge < -0.3 is 14.7 Å². The minimum atomic E-state index is -0.153. The quantitative estimate of drug-likeness (QED) is 0.838. The summed E-state index contributed by atoms with van der Waals surface area (Å²) >= 11 is 3.78. The van der Waals surface area contributed by atoms with Crippen LogP contribution in [-0.2, 0) is 4.74 Å². The van der Waals surface area contributed by atoms with E-state index in [-0.39, 0.29) is 5.69 Å². The maximum Gasteiger partial charge on any atom is 0.323 e. The number of ether oxygens (including phenoxy) is 1. The molecule has 0 saturated carbocycles. The van der Waals surface area contributed by atoms with Gasteiger partial charge in [-0.2, -0.15) is 0 Å². The Morgan fingerprint density at radius 2 is 1.94 bits per heavy atom. The van der Waals surface area contributed by atoms with Crippen molar-refractivity contribution in [3.05, 3.63) is 34.2 Å². The van der Waals surface area contributed by atoms with Gasteiger partial charge in [0.2, 0.25) is 0 Å². The van der Waals surface area contributed by atoms with Gasteiger partial charge in [0.1, 0.15) is 0 Å². The van der Waals surface area contributed by atoms with Crippen LogP contribution in [0, 0.1) is 5.92 Å². The maximum absolute atomic E-state index is 11.2. The molecule has 5 heteroatoms. The number of aromatic nitrogens is 2. The molecule has 4 nitrogen and oxygen atoms in total. The monoisotopic (exact) mass is 310 g/mol. The standard InChI is InChI=1S/C13H15BrN2O2/c14-12(8-3-5-18-6-4-8)9-1-2-10-11(7-9)16-13(17)15-10/h1-2,7-8,12H,3-6H2,(H2,15,16,17). The van der Waals surface area contributed by atoms with Gasteiger partial charge in [-0.15, -0.1) is 0 Å². The van der Waals surface area contributed by atoms with Gasteiger partial charge in [-0.05, 0) is 36.5 Å². The van der Waals surface area contributed by atoms with Gasteiger partial charge in [-0.25, -0.2) is 4.79 Å². The number of hydrogen-bond acceptors (Lipinski definition) is 2. The molecule has 0 spiro atoms. The lowest BCUT2D eigenvalue weighted by molar-refractivity contribution is 0.0662. The fourth-order valence-corrected chi connectivity index (χ4v) is 3.32. The molecular formula is C13H15BrN2O2. The van der Waals surface area contributed by atoms with E-state index >= 15 is 0 Å². The van der Waals surface area contributed by atoms with Crippen LogP contribution >= 0.6 is 15.9 Å². The fraction of sp³-hybridized carbons (Fsp3) is 0.462. The van der Waals surface area contributed by atoms with Crippen LogP contribution in [0.5, 0.6) is 0 Å². The molecule has 18 heavy (non-hydrogen) atoms. The number of halogens is 1. The summed E-state index contributed by atoms with van der Waals surface area (Å²) < 4.78 is 5.39. The highest BCUT2D eigenvalue weighted by Crippen LogP contribution is 2.37. The molecule has 0 amide bonds. The van der Waals surface area contributed by atoms with Crippen molar-refractivity contribution in [3.63, 3.8) is 0 Å². The third-order valence-corrected chi connectivity index (χ3v) is 4.81. The Labute approximate surface area is 113 Å². The maximum atomic E-state index is 11.2. The molecule has 2 aromatic rings. The molecule has 0 bridgehead atoms. The average molecular weight is 311 g/mol. The summed E-state index contributed by atoms with van der Waals surface area (Å²) in [6.45, 7) is 1.69. The normalized spacial score (nSPS) is 19.2. The van der Waals surface area contributed by atoms with Gasteiger partial charge >= 0.3 is 5.69 Å². The number of benzene rings is 1. The van der Waals surface area contributed by atoms with Gasteiger partial charge in [0, 0.05) is 18.0 Å². The van der Waals surface area contributed by atoms with Crippen molar-refractivity contribution in [1.29, 1.82) is 0 Å². The number of aromatic amines is 2. The SMILES string of the molecule is O=c1[nH]c2ccc(C(Br)C3CCOCC3)cc2[nH]1. The van der Waals surface area contributed by atoms with E-state index in [0.29, 0.717) is 10.7 Å². The predicted molar refractivity (Wildman–Crippen MR) is 74.1 cm³/mol. The highest BCUT2D eigenvalue weighted by molar-refractivity contribution is 9.09. The van der Waals surface area contributed by atoms with Crippen LogP contribution in [0.3, 0.4) is 0 Å². The van der Waals surface area contributed by atoms with E-state index in [4.69, 9.17) is 4.74 Å². The number of H-pyrrole nitrogens is 2. The summed E-state index contributed by atoms with van der Waals surface area (Å²) in [6.07, 6.45) is 2.16. The van der Waals surface area contributed by atoms with E-state index in [2.05, 4.69) is 32.0 Å². The first-order valence-corrected chi connectivity index (χ1v) is 7.09. The third-order valence-electron chi connectivity index (χ3n) is 3.54. The number of alkyl halides is 1. The Hall–Kier alpha value is -1.07. The van der Waals surface area contributed by atoms with E-state index in [1.165, 1.54) is 5.56 Å². The topological polar surface area (TPSA) is 57.9 Å². The zero-order valence-electron chi connectivity index (χ0n) is 9.91. The van der Waals surface area contributed by atoms with Crippen LogP contribution in [0.25, 0.3) is 11.0 Å². The number of rotatable bonds is 2. The smallest absolute Gasteiger partial charge is 0.323 e. The number of fused-ring (bicyclic) bond motifs is 1. The van der Waals surface area contributed by atoms with Gasteiger partial charge in [-0.1, -0.05) is 22.0 Å². The summed E-state index contributed by atoms with van der Waals surface area (Å²) in [5.41, 5.74) is 2.79. The minimum absolute atomic E-state index is 0.153. The number of nitrogens with one attached hydrogen (secondary N) is 2. The van der Waals surface area contributed by atoms with E-state index in [1.54, 1.807) is 0 Å². The van der Waals surface area contributed by atoms with E-state index in [0.717, 1.165) is 37.1 Å². The Bertz CT molecular complexity index is 598. The molecule has 1 fully saturated rings. The zero-order valence-corrected chi connectivity index (χ0v) is 11.5. The summed E-state index contributed by atoms with van der Waals surface area (Å²) in [5, 5.41) is 0. The predicted octanol–water partition coefficient (Wildman–Crippen LogP) is 2.72. The lowest BCUT2D eigenvalue weighted by Gasteiger charge is -2.26. The van der Waals surface area contributed by atoms with Crippen molar-refractivity contribution in [2.45, 2.75) is 17.7 Å². The molecule has 1 unspecified atom stereocenters. The van der Waals surface area contributed by atoms with Crippen molar-refractivity contribution in [1.82, 2.24) is 9.97 Å². The van der Waals surface area contributed by atoms with Crippen LogP contribution < -0.4 is 5.69 Å². The van der Waals surface area contributed by atoms with Gasteiger partial charge in [0.05, 0.1) is 11.0 Å². The second kappa shape index (κ2) is 4.90. The lowest BCUT2D eigenvalue weighted by Crippen LogP contribution is -2.19. The van der Waals surface area contributed by atoms with Crippen LogP contribution in [0.15, 0.2) is 23.0 Å². The second-order valence-electron chi connectivity index (χ2n) is 4.74. The largest absolute Gasteiger partial charge is 0.381 e. The molecule has 96 valence electrons. The van der Waals surface area contributed by atoms with Crippen molar-refractivity contribution in [2.75, 3.05) is 13.2 Å². The Morgan fingerprint density at radius 3 is 2.72 bits per heavy atom. The molecule has 1 aromatic carbocycles. The van der Waals surface area contributed by atoms with Crippen LogP contribution in [-0.4, -0.2) is 23.2 Å². The molecule has 1 atom stereocenters. The molecule has 1 aliphatic rings. The molecule has 2 heterocycles. The number of imidazole rings is 1. The summed E-state index contributed by atoms with van der Waals surface area (Å²) in [7, 11) is 0. The lowest BCUT2D eigenvalue weighted by atomic mass is 9.92. The Kier molecular flexibility index (Phi) is 3.26. The third kappa shape index (κ3) is 2.24. The molecule has 2 N–H and O–H groups in total. The average Bonchev–Trinajstić information content (AvgIpc) is 2.78. The first-order chi connectivity index (χ1) is 8.74. The molecule has 1 aromatic heterocycles. The number of hydrogen-bond donors (Lipinski definition) is 2. The summed E-state index contributed by atoms with van der Waals surface area (Å²) in [6, 6.07) is 6.07.